The number of hydrogen-bond acceptors (Lipinski definition) is 3. The van der Waals surface area contributed by atoms with Gasteiger partial charge in [-0.1, -0.05) is 6.08 Å². The van der Waals surface area contributed by atoms with Crippen molar-refractivity contribution < 1.29 is 14.6 Å². The van der Waals surface area contributed by atoms with Gasteiger partial charge in [0, 0.05) is 12.2 Å². The molecule has 70 valence electrons. The second-order valence-corrected chi connectivity index (χ2v) is 2.85. The molecule has 0 amide bonds. The molecule has 0 unspecified atom stereocenters. The van der Waals surface area contributed by atoms with Gasteiger partial charge in [-0.15, -0.1) is 0 Å². The summed E-state index contributed by atoms with van der Waals surface area (Å²) in [6.45, 7) is 5.35. The Morgan fingerprint density at radius 2 is 2.17 bits per heavy atom. The highest BCUT2D eigenvalue weighted by molar-refractivity contribution is 5.87. The van der Waals surface area contributed by atoms with Gasteiger partial charge in [-0.05, 0) is 27.2 Å². The van der Waals surface area contributed by atoms with E-state index in [4.69, 9.17) is 9.84 Å². The van der Waals surface area contributed by atoms with Crippen LogP contribution in [-0.4, -0.2) is 23.8 Å². The highest BCUT2D eigenvalue weighted by Crippen LogP contribution is 2.01. The van der Waals surface area contributed by atoms with E-state index in [1.54, 1.807) is 26.8 Å². The maximum absolute atomic E-state index is 11.1. The number of rotatable bonds is 4. The van der Waals surface area contributed by atoms with Crippen molar-refractivity contribution in [1.29, 1.82) is 0 Å². The van der Waals surface area contributed by atoms with Crippen LogP contribution in [0.5, 0.6) is 0 Å². The van der Waals surface area contributed by atoms with E-state index in [-0.39, 0.29) is 18.7 Å². The van der Waals surface area contributed by atoms with E-state index >= 15 is 0 Å². The summed E-state index contributed by atoms with van der Waals surface area (Å²) in [4.78, 5) is 11.1. The number of hydrogen-bond donors (Lipinski definition) is 1. The number of aliphatic hydroxyl groups excluding tert-OH is 1. The van der Waals surface area contributed by atoms with Gasteiger partial charge < -0.3 is 9.84 Å². The molecule has 0 fully saturated rings. The van der Waals surface area contributed by atoms with Gasteiger partial charge in [0.1, 0.15) is 0 Å². The van der Waals surface area contributed by atoms with Crippen molar-refractivity contribution >= 4 is 5.97 Å². The molecule has 3 heteroatoms. The Bertz CT molecular complexity index is 171. The molecule has 0 aromatic rings. The van der Waals surface area contributed by atoms with E-state index in [0.29, 0.717) is 12.0 Å². The molecular formula is C9H16O3. The highest BCUT2D eigenvalue weighted by atomic mass is 16.5. The fraction of sp³-hybridized carbons (Fsp3) is 0.667. The average molecular weight is 172 g/mol. The van der Waals surface area contributed by atoms with Crippen LogP contribution >= 0.6 is 0 Å². The molecule has 0 aromatic carbocycles. The molecule has 0 atom stereocenters. The molecule has 1 N–H and O–H groups in total. The lowest BCUT2D eigenvalue weighted by atomic mass is 10.2. The molecule has 0 saturated carbocycles. The minimum atomic E-state index is -0.307. The largest absolute Gasteiger partial charge is 0.460 e. The van der Waals surface area contributed by atoms with Crippen LogP contribution in [0.25, 0.3) is 0 Å². The van der Waals surface area contributed by atoms with Crippen molar-refractivity contribution in [3.63, 3.8) is 0 Å². The second kappa shape index (κ2) is 5.77. The van der Waals surface area contributed by atoms with Crippen molar-refractivity contribution in [3.05, 3.63) is 11.6 Å². The molecule has 0 aliphatic carbocycles. The van der Waals surface area contributed by atoms with E-state index in [0.717, 1.165) is 0 Å². The highest BCUT2D eigenvalue weighted by Gasteiger charge is 2.06. The van der Waals surface area contributed by atoms with Crippen LogP contribution < -0.4 is 0 Å². The predicted molar refractivity (Wildman–Crippen MR) is 46.7 cm³/mol. The van der Waals surface area contributed by atoms with Crippen LogP contribution in [0, 0.1) is 0 Å². The van der Waals surface area contributed by atoms with E-state index in [1.807, 2.05) is 0 Å². The van der Waals surface area contributed by atoms with Gasteiger partial charge >= 0.3 is 5.97 Å². The van der Waals surface area contributed by atoms with Gasteiger partial charge in [-0.25, -0.2) is 4.79 Å². The standard InChI is InChI=1S/C9H16O3/c1-7(2)12-9(11)8(3)5-4-6-10/h5,7,10H,4,6H2,1-3H3. The topological polar surface area (TPSA) is 46.5 Å². The summed E-state index contributed by atoms with van der Waals surface area (Å²) in [6.07, 6.45) is 2.08. The average Bonchev–Trinajstić information content (AvgIpc) is 1.98. The third-order valence-corrected chi connectivity index (χ3v) is 1.24. The van der Waals surface area contributed by atoms with Crippen molar-refractivity contribution in [1.82, 2.24) is 0 Å². The summed E-state index contributed by atoms with van der Waals surface area (Å²) in [5, 5.41) is 8.48. The summed E-state index contributed by atoms with van der Waals surface area (Å²) < 4.78 is 4.92. The number of esters is 1. The molecule has 0 bridgehead atoms. The fourth-order valence-electron chi connectivity index (χ4n) is 0.671. The number of carbonyl (C=O) groups excluding carboxylic acids is 1. The van der Waals surface area contributed by atoms with Crippen molar-refractivity contribution in [2.45, 2.75) is 33.3 Å². The molecule has 0 radical (unpaired) electrons. The number of ether oxygens (including phenoxy) is 1. The molecule has 0 heterocycles. The summed E-state index contributed by atoms with van der Waals surface area (Å²) in [6, 6.07) is 0. The van der Waals surface area contributed by atoms with Crippen molar-refractivity contribution in [3.8, 4) is 0 Å². The lowest BCUT2D eigenvalue weighted by Gasteiger charge is -2.07. The number of aliphatic hydroxyl groups is 1. The summed E-state index contributed by atoms with van der Waals surface area (Å²) >= 11 is 0. The van der Waals surface area contributed by atoms with Crippen LogP contribution in [0.4, 0.5) is 0 Å². The van der Waals surface area contributed by atoms with Gasteiger partial charge in [0.2, 0.25) is 0 Å². The Morgan fingerprint density at radius 3 is 2.58 bits per heavy atom. The van der Waals surface area contributed by atoms with E-state index < -0.39 is 0 Å². The molecule has 12 heavy (non-hydrogen) atoms. The molecule has 0 rings (SSSR count). The quantitative estimate of drug-likeness (QED) is 0.513. The van der Waals surface area contributed by atoms with Crippen LogP contribution in [0.15, 0.2) is 11.6 Å². The molecule has 0 saturated heterocycles. The van der Waals surface area contributed by atoms with Gasteiger partial charge in [0.05, 0.1) is 6.10 Å². The van der Waals surface area contributed by atoms with E-state index in [1.165, 1.54) is 0 Å². The SMILES string of the molecule is CC(=CCCO)C(=O)OC(C)C. The Hall–Kier alpha value is -0.830. The van der Waals surface area contributed by atoms with Gasteiger partial charge in [0.25, 0.3) is 0 Å². The van der Waals surface area contributed by atoms with Crippen LogP contribution in [0.1, 0.15) is 27.2 Å². The van der Waals surface area contributed by atoms with Crippen LogP contribution in [0.3, 0.4) is 0 Å². The zero-order valence-corrected chi connectivity index (χ0v) is 7.83. The van der Waals surface area contributed by atoms with E-state index in [9.17, 15) is 4.79 Å². The lowest BCUT2D eigenvalue weighted by molar-refractivity contribution is -0.142. The molecule has 0 aromatic heterocycles. The first-order chi connectivity index (χ1) is 5.57. The molecule has 3 nitrogen and oxygen atoms in total. The summed E-state index contributed by atoms with van der Waals surface area (Å²) in [5.74, 6) is -0.307. The van der Waals surface area contributed by atoms with Crippen molar-refractivity contribution in [2.75, 3.05) is 6.61 Å². The van der Waals surface area contributed by atoms with E-state index in [2.05, 4.69) is 0 Å². The molecule has 0 spiro atoms. The Kier molecular flexibility index (Phi) is 5.37. The maximum Gasteiger partial charge on any atom is 0.333 e. The molecule has 0 aliphatic heterocycles. The Balaban J connectivity index is 3.92. The smallest absolute Gasteiger partial charge is 0.333 e. The summed E-state index contributed by atoms with van der Waals surface area (Å²) in [5.41, 5.74) is 0.553. The number of carbonyl (C=O) groups is 1. The molecular weight excluding hydrogens is 156 g/mol. The van der Waals surface area contributed by atoms with Gasteiger partial charge in [-0.2, -0.15) is 0 Å². The Labute approximate surface area is 73.0 Å². The minimum absolute atomic E-state index is 0.0618. The van der Waals surface area contributed by atoms with Gasteiger partial charge in [0.15, 0.2) is 0 Å². The summed E-state index contributed by atoms with van der Waals surface area (Å²) in [7, 11) is 0. The fourth-order valence-corrected chi connectivity index (χ4v) is 0.671. The maximum atomic E-state index is 11.1. The third kappa shape index (κ3) is 4.91. The first kappa shape index (κ1) is 11.2. The first-order valence-corrected chi connectivity index (χ1v) is 4.06. The Morgan fingerprint density at radius 1 is 1.58 bits per heavy atom. The van der Waals surface area contributed by atoms with Crippen LogP contribution in [0.2, 0.25) is 0 Å². The predicted octanol–water partition coefficient (Wildman–Crippen LogP) is 1.27. The zero-order chi connectivity index (χ0) is 9.56. The lowest BCUT2D eigenvalue weighted by Crippen LogP contribution is -2.12. The first-order valence-electron chi connectivity index (χ1n) is 4.06. The van der Waals surface area contributed by atoms with Crippen LogP contribution in [-0.2, 0) is 9.53 Å². The van der Waals surface area contributed by atoms with Gasteiger partial charge in [-0.3, -0.25) is 0 Å². The minimum Gasteiger partial charge on any atom is -0.460 e. The normalized spacial score (nSPS) is 11.9. The monoisotopic (exact) mass is 172 g/mol. The molecule has 0 aliphatic rings. The third-order valence-electron chi connectivity index (χ3n) is 1.24. The zero-order valence-electron chi connectivity index (χ0n) is 7.83. The van der Waals surface area contributed by atoms with Crippen molar-refractivity contribution in [2.24, 2.45) is 0 Å². The second-order valence-electron chi connectivity index (χ2n) is 2.85.